The van der Waals surface area contributed by atoms with Crippen molar-refractivity contribution in [3.05, 3.63) is 0 Å². The number of hydrogen-bond donors (Lipinski definition) is 1. The van der Waals surface area contributed by atoms with Gasteiger partial charge in [0, 0.05) is 12.4 Å². The lowest BCUT2D eigenvalue weighted by atomic mass is 10.3. The molecule has 0 fully saturated rings. The van der Waals surface area contributed by atoms with Crippen LogP contribution in [0.4, 0.5) is 13.2 Å². The van der Waals surface area contributed by atoms with Gasteiger partial charge in [-0.1, -0.05) is 0 Å². The average Bonchev–Trinajstić information content (AvgIpc) is 1.97. The summed E-state index contributed by atoms with van der Waals surface area (Å²) in [4.78, 5) is 0. The highest BCUT2D eigenvalue weighted by Gasteiger charge is 2.27. The number of hydrogen-bond acceptors (Lipinski definition) is 3. The van der Waals surface area contributed by atoms with E-state index in [0.29, 0.717) is 5.75 Å². The molecule has 0 saturated heterocycles. The first-order valence-electron chi connectivity index (χ1n) is 3.77. The minimum absolute atomic E-state index is 0.0543. The third-order valence-electron chi connectivity index (χ3n) is 1.22. The van der Waals surface area contributed by atoms with Gasteiger partial charge in [0.25, 0.3) is 0 Å². The maximum absolute atomic E-state index is 11.5. The molecule has 0 radical (unpaired) electrons. The molecule has 1 atom stereocenters. The zero-order valence-corrected chi connectivity index (χ0v) is 8.12. The Morgan fingerprint density at radius 3 is 2.54 bits per heavy atom. The molecule has 0 rings (SSSR count). The molecule has 0 aliphatic rings. The van der Waals surface area contributed by atoms with Gasteiger partial charge in [-0.2, -0.15) is 24.9 Å². The highest BCUT2D eigenvalue weighted by atomic mass is 32.2. The summed E-state index contributed by atoms with van der Waals surface area (Å²) in [6.45, 7) is -1.29. The number of rotatable bonds is 6. The summed E-state index contributed by atoms with van der Waals surface area (Å²) in [5.41, 5.74) is 0. The van der Waals surface area contributed by atoms with Crippen molar-refractivity contribution in [1.29, 1.82) is 0 Å². The Bertz CT molecular complexity index is 129. The molecule has 0 saturated carbocycles. The van der Waals surface area contributed by atoms with Crippen molar-refractivity contribution < 1.29 is 23.0 Å². The molecule has 2 nitrogen and oxygen atoms in total. The van der Waals surface area contributed by atoms with Gasteiger partial charge in [0.15, 0.2) is 0 Å². The van der Waals surface area contributed by atoms with Crippen molar-refractivity contribution in [2.24, 2.45) is 0 Å². The van der Waals surface area contributed by atoms with E-state index >= 15 is 0 Å². The van der Waals surface area contributed by atoms with Gasteiger partial charge in [-0.05, 0) is 12.7 Å². The van der Waals surface area contributed by atoms with E-state index in [-0.39, 0.29) is 13.0 Å². The second kappa shape index (κ2) is 6.50. The highest BCUT2D eigenvalue weighted by Crippen LogP contribution is 2.14. The Balaban J connectivity index is 3.25. The molecule has 0 aromatic heterocycles. The van der Waals surface area contributed by atoms with Crippen LogP contribution in [0, 0.1) is 0 Å². The van der Waals surface area contributed by atoms with Crippen LogP contribution in [0.25, 0.3) is 0 Å². The van der Waals surface area contributed by atoms with Gasteiger partial charge in [0.05, 0.1) is 6.10 Å². The first kappa shape index (κ1) is 13.1. The number of thioether (sulfide) groups is 1. The fraction of sp³-hybridized carbons (Fsp3) is 1.00. The molecule has 0 aliphatic carbocycles. The van der Waals surface area contributed by atoms with Crippen molar-refractivity contribution in [1.82, 2.24) is 0 Å². The summed E-state index contributed by atoms with van der Waals surface area (Å²) >= 11 is 1.45. The molecule has 0 aliphatic heterocycles. The largest absolute Gasteiger partial charge is 0.411 e. The van der Waals surface area contributed by atoms with E-state index in [9.17, 15) is 13.2 Å². The summed E-state index contributed by atoms with van der Waals surface area (Å²) in [5, 5.41) is 9.10. The summed E-state index contributed by atoms with van der Waals surface area (Å²) in [6.07, 6.45) is -2.79. The zero-order valence-electron chi connectivity index (χ0n) is 7.30. The predicted molar refractivity (Wildman–Crippen MR) is 45.9 cm³/mol. The van der Waals surface area contributed by atoms with E-state index in [1.807, 2.05) is 6.26 Å². The summed E-state index contributed by atoms with van der Waals surface area (Å²) < 4.78 is 38.9. The minimum atomic E-state index is -4.27. The third kappa shape index (κ3) is 9.98. The van der Waals surface area contributed by atoms with Crippen LogP contribution in [0.1, 0.15) is 6.42 Å². The van der Waals surface area contributed by atoms with E-state index in [1.165, 1.54) is 11.8 Å². The summed E-state index contributed by atoms with van der Waals surface area (Å²) in [6, 6.07) is 0. The maximum atomic E-state index is 11.5. The van der Waals surface area contributed by atoms with Crippen LogP contribution in [0.5, 0.6) is 0 Å². The van der Waals surface area contributed by atoms with Crippen molar-refractivity contribution >= 4 is 11.8 Å². The standard InChI is InChI=1S/C7H13F3O2S/c1-13-4-6(11)2-3-12-5-7(8,9)10/h6,11H,2-5H2,1H3. The number of halogens is 3. The Kier molecular flexibility index (Phi) is 6.53. The van der Waals surface area contributed by atoms with E-state index in [1.54, 1.807) is 0 Å². The molecule has 6 heteroatoms. The van der Waals surface area contributed by atoms with Crippen molar-refractivity contribution in [3.63, 3.8) is 0 Å². The van der Waals surface area contributed by atoms with Crippen LogP contribution in [-0.4, -0.2) is 42.6 Å². The highest BCUT2D eigenvalue weighted by molar-refractivity contribution is 7.98. The fourth-order valence-corrected chi connectivity index (χ4v) is 1.23. The van der Waals surface area contributed by atoms with Gasteiger partial charge in [-0.3, -0.25) is 0 Å². The van der Waals surface area contributed by atoms with Gasteiger partial charge >= 0.3 is 6.18 Å². The lowest BCUT2D eigenvalue weighted by Gasteiger charge is -2.10. The molecule has 0 bridgehead atoms. The fourth-order valence-electron chi connectivity index (χ4n) is 0.683. The first-order chi connectivity index (χ1) is 5.95. The first-order valence-corrected chi connectivity index (χ1v) is 5.16. The second-order valence-electron chi connectivity index (χ2n) is 2.57. The van der Waals surface area contributed by atoms with Crippen molar-refractivity contribution in [2.45, 2.75) is 18.7 Å². The van der Waals surface area contributed by atoms with Gasteiger partial charge in [-0.15, -0.1) is 0 Å². The third-order valence-corrected chi connectivity index (χ3v) is 1.94. The van der Waals surface area contributed by atoms with Crippen LogP contribution in [-0.2, 0) is 4.74 Å². The molecule has 0 aromatic rings. The molecule has 0 spiro atoms. The molecule has 1 N–H and O–H groups in total. The van der Waals surface area contributed by atoms with Crippen LogP contribution in [0.2, 0.25) is 0 Å². The van der Waals surface area contributed by atoms with Crippen LogP contribution >= 0.6 is 11.8 Å². The van der Waals surface area contributed by atoms with Crippen molar-refractivity contribution in [2.75, 3.05) is 25.2 Å². The lowest BCUT2D eigenvalue weighted by Crippen LogP contribution is -2.20. The molecule has 0 aromatic carbocycles. The molecular weight excluding hydrogens is 205 g/mol. The van der Waals surface area contributed by atoms with Crippen LogP contribution in [0.15, 0.2) is 0 Å². The SMILES string of the molecule is CSCC(O)CCOCC(F)(F)F. The lowest BCUT2D eigenvalue weighted by molar-refractivity contribution is -0.175. The van der Waals surface area contributed by atoms with Gasteiger partial charge in [-0.25, -0.2) is 0 Å². The smallest absolute Gasteiger partial charge is 0.392 e. The van der Waals surface area contributed by atoms with Gasteiger partial charge in [0.2, 0.25) is 0 Å². The van der Waals surface area contributed by atoms with Gasteiger partial charge in [0.1, 0.15) is 6.61 Å². The molecule has 1 unspecified atom stereocenters. The normalized spacial score (nSPS) is 14.5. The molecule has 13 heavy (non-hydrogen) atoms. The Morgan fingerprint density at radius 1 is 1.46 bits per heavy atom. The quantitative estimate of drug-likeness (QED) is 0.688. The zero-order chi connectivity index (χ0) is 10.3. The van der Waals surface area contributed by atoms with Crippen LogP contribution in [0.3, 0.4) is 0 Å². The van der Waals surface area contributed by atoms with Crippen molar-refractivity contribution in [3.8, 4) is 0 Å². The molecule has 80 valence electrons. The summed E-state index contributed by atoms with van der Waals surface area (Å²) in [7, 11) is 0. The number of ether oxygens (including phenoxy) is 1. The summed E-state index contributed by atoms with van der Waals surface area (Å²) in [5.74, 6) is 0.523. The predicted octanol–water partition coefficient (Wildman–Crippen LogP) is 1.68. The van der Waals surface area contributed by atoms with Gasteiger partial charge < -0.3 is 9.84 Å². The van der Waals surface area contributed by atoms with E-state index in [4.69, 9.17) is 5.11 Å². The molecule has 0 amide bonds. The minimum Gasteiger partial charge on any atom is -0.392 e. The monoisotopic (exact) mass is 218 g/mol. The molecule has 0 heterocycles. The Hall–Kier alpha value is 0.0600. The van der Waals surface area contributed by atoms with E-state index in [2.05, 4.69) is 4.74 Å². The number of alkyl halides is 3. The molecular formula is C7H13F3O2S. The van der Waals surface area contributed by atoms with Crippen LogP contribution < -0.4 is 0 Å². The topological polar surface area (TPSA) is 29.5 Å². The number of aliphatic hydroxyl groups is 1. The Labute approximate surface area is 79.5 Å². The average molecular weight is 218 g/mol. The van der Waals surface area contributed by atoms with E-state index < -0.39 is 18.9 Å². The number of aliphatic hydroxyl groups excluding tert-OH is 1. The maximum Gasteiger partial charge on any atom is 0.411 e. The second-order valence-corrected chi connectivity index (χ2v) is 3.48. The Morgan fingerprint density at radius 2 is 2.08 bits per heavy atom. The van der Waals surface area contributed by atoms with E-state index in [0.717, 1.165) is 0 Å².